The lowest BCUT2D eigenvalue weighted by atomic mass is 10.0. The zero-order valence-corrected chi connectivity index (χ0v) is 11.6. The fraction of sp³-hybridized carbons (Fsp3) is 0.357. The smallest absolute Gasteiger partial charge is 0.433 e. The molecule has 2 aromatic rings. The number of anilines is 1. The number of benzene rings is 1. The summed E-state index contributed by atoms with van der Waals surface area (Å²) in [6, 6.07) is 3.36. The molecular weight excluding hydrogens is 269 g/mol. The first-order valence-corrected chi connectivity index (χ1v) is 6.03. The third-order valence-electron chi connectivity index (χ3n) is 3.25. The SMILES string of the molecule is CNc1c(C)c(C(F)(F)F)nc2c(C)cc(OC)cc12. The number of aromatic nitrogens is 1. The second kappa shape index (κ2) is 4.85. The standard InChI is InChI=1S/C14H15F3N2O/c1-7-5-9(20-4)6-10-11(7)19-13(14(15,16)17)8(2)12(10)18-3/h5-6H,1-4H3,(H,18,19). The second-order valence-corrected chi connectivity index (χ2v) is 4.55. The number of rotatable bonds is 2. The number of methoxy groups -OCH3 is 1. The molecule has 108 valence electrons. The lowest BCUT2D eigenvalue weighted by Crippen LogP contribution is -2.13. The molecule has 0 radical (unpaired) electrons. The van der Waals surface area contributed by atoms with Crippen molar-refractivity contribution in [1.29, 1.82) is 0 Å². The highest BCUT2D eigenvalue weighted by Gasteiger charge is 2.36. The van der Waals surface area contributed by atoms with Gasteiger partial charge in [0.25, 0.3) is 0 Å². The molecule has 0 unspecified atom stereocenters. The Morgan fingerprint density at radius 3 is 2.35 bits per heavy atom. The summed E-state index contributed by atoms with van der Waals surface area (Å²) >= 11 is 0. The molecule has 0 atom stereocenters. The Hall–Kier alpha value is -1.98. The fourth-order valence-electron chi connectivity index (χ4n) is 2.32. The van der Waals surface area contributed by atoms with Crippen LogP contribution in [0.2, 0.25) is 0 Å². The van der Waals surface area contributed by atoms with Gasteiger partial charge in [-0.05, 0) is 31.5 Å². The van der Waals surface area contributed by atoms with E-state index in [9.17, 15) is 13.2 Å². The molecule has 3 nitrogen and oxygen atoms in total. The quantitative estimate of drug-likeness (QED) is 0.907. The van der Waals surface area contributed by atoms with Crippen molar-refractivity contribution in [2.24, 2.45) is 0 Å². The average molecular weight is 284 g/mol. The lowest BCUT2D eigenvalue weighted by molar-refractivity contribution is -0.141. The summed E-state index contributed by atoms with van der Waals surface area (Å²) in [6.45, 7) is 3.13. The number of halogens is 3. The molecule has 0 amide bonds. The highest BCUT2D eigenvalue weighted by Crippen LogP contribution is 2.38. The van der Waals surface area contributed by atoms with Crippen molar-refractivity contribution in [2.75, 3.05) is 19.5 Å². The maximum absolute atomic E-state index is 13.1. The van der Waals surface area contributed by atoms with Gasteiger partial charge < -0.3 is 10.1 Å². The van der Waals surface area contributed by atoms with Crippen LogP contribution in [0.15, 0.2) is 12.1 Å². The third kappa shape index (κ3) is 2.26. The first kappa shape index (κ1) is 14.4. The molecule has 1 N–H and O–H groups in total. The van der Waals surface area contributed by atoms with Crippen molar-refractivity contribution in [3.63, 3.8) is 0 Å². The largest absolute Gasteiger partial charge is 0.497 e. The van der Waals surface area contributed by atoms with Crippen LogP contribution in [-0.2, 0) is 6.18 Å². The van der Waals surface area contributed by atoms with E-state index in [1.807, 2.05) is 0 Å². The van der Waals surface area contributed by atoms with Gasteiger partial charge in [-0.15, -0.1) is 0 Å². The van der Waals surface area contributed by atoms with Crippen LogP contribution in [0.25, 0.3) is 10.9 Å². The van der Waals surface area contributed by atoms with Gasteiger partial charge in [-0.25, -0.2) is 4.98 Å². The Morgan fingerprint density at radius 2 is 1.85 bits per heavy atom. The van der Waals surface area contributed by atoms with E-state index in [0.717, 1.165) is 0 Å². The monoisotopic (exact) mass is 284 g/mol. The normalized spacial score (nSPS) is 11.8. The Morgan fingerprint density at radius 1 is 1.20 bits per heavy atom. The first-order chi connectivity index (χ1) is 9.29. The van der Waals surface area contributed by atoms with Gasteiger partial charge in [0.05, 0.1) is 12.6 Å². The van der Waals surface area contributed by atoms with Crippen LogP contribution in [-0.4, -0.2) is 19.1 Å². The van der Waals surface area contributed by atoms with Crippen LogP contribution in [0, 0.1) is 13.8 Å². The molecule has 6 heteroatoms. The lowest BCUT2D eigenvalue weighted by Gasteiger charge is -2.17. The number of alkyl halides is 3. The fourth-order valence-corrected chi connectivity index (χ4v) is 2.32. The second-order valence-electron chi connectivity index (χ2n) is 4.55. The molecule has 20 heavy (non-hydrogen) atoms. The number of ether oxygens (including phenoxy) is 1. The summed E-state index contributed by atoms with van der Waals surface area (Å²) < 4.78 is 44.3. The molecule has 0 bridgehead atoms. The Labute approximate surface area is 114 Å². The van der Waals surface area contributed by atoms with Crippen LogP contribution in [0.1, 0.15) is 16.8 Å². The summed E-state index contributed by atoms with van der Waals surface area (Å²) in [7, 11) is 3.11. The van der Waals surface area contributed by atoms with Gasteiger partial charge in [0.1, 0.15) is 11.4 Å². The molecule has 0 saturated carbocycles. The summed E-state index contributed by atoms with van der Waals surface area (Å²) in [5.41, 5.74) is 0.613. The molecule has 0 saturated heterocycles. The van der Waals surface area contributed by atoms with Gasteiger partial charge in [0.2, 0.25) is 0 Å². The Balaban J connectivity index is 2.92. The topological polar surface area (TPSA) is 34.2 Å². The summed E-state index contributed by atoms with van der Waals surface area (Å²) in [4.78, 5) is 3.81. The molecule has 1 aromatic heterocycles. The number of nitrogens with zero attached hydrogens (tertiary/aromatic N) is 1. The zero-order valence-electron chi connectivity index (χ0n) is 11.6. The van der Waals surface area contributed by atoms with E-state index in [4.69, 9.17) is 4.74 Å². The number of nitrogens with one attached hydrogen (secondary N) is 1. The van der Waals surface area contributed by atoms with E-state index < -0.39 is 11.9 Å². The minimum Gasteiger partial charge on any atom is -0.497 e. The van der Waals surface area contributed by atoms with Crippen LogP contribution < -0.4 is 10.1 Å². The zero-order chi connectivity index (χ0) is 15.1. The third-order valence-corrected chi connectivity index (χ3v) is 3.25. The molecule has 0 aliphatic carbocycles. The molecule has 0 aliphatic heterocycles. The van der Waals surface area contributed by atoms with Crippen molar-refractivity contribution in [2.45, 2.75) is 20.0 Å². The van der Waals surface area contributed by atoms with Crippen molar-refractivity contribution < 1.29 is 17.9 Å². The predicted molar refractivity (Wildman–Crippen MR) is 72.3 cm³/mol. The van der Waals surface area contributed by atoms with Crippen LogP contribution >= 0.6 is 0 Å². The Bertz CT molecular complexity index is 666. The molecule has 1 aromatic carbocycles. The average Bonchev–Trinajstić information content (AvgIpc) is 2.36. The van der Waals surface area contributed by atoms with E-state index in [1.165, 1.54) is 14.0 Å². The number of pyridine rings is 1. The van der Waals surface area contributed by atoms with Crippen molar-refractivity contribution >= 4 is 16.6 Å². The molecule has 2 rings (SSSR count). The highest BCUT2D eigenvalue weighted by molar-refractivity contribution is 5.96. The van der Waals surface area contributed by atoms with Gasteiger partial charge in [-0.2, -0.15) is 13.2 Å². The predicted octanol–water partition coefficient (Wildman–Crippen LogP) is 3.92. The van der Waals surface area contributed by atoms with Crippen LogP contribution in [0.4, 0.5) is 18.9 Å². The van der Waals surface area contributed by atoms with Crippen LogP contribution in [0.3, 0.4) is 0 Å². The summed E-state index contributed by atoms with van der Waals surface area (Å²) in [5.74, 6) is 0.590. The van der Waals surface area contributed by atoms with Crippen molar-refractivity contribution in [3.8, 4) is 5.75 Å². The highest BCUT2D eigenvalue weighted by atomic mass is 19.4. The van der Waals surface area contributed by atoms with Gasteiger partial charge in [-0.3, -0.25) is 0 Å². The van der Waals surface area contributed by atoms with Gasteiger partial charge in [-0.1, -0.05) is 0 Å². The summed E-state index contributed by atoms with van der Waals surface area (Å²) in [6.07, 6.45) is -4.48. The van der Waals surface area contributed by atoms with E-state index in [0.29, 0.717) is 27.9 Å². The number of hydrogen-bond acceptors (Lipinski definition) is 3. The summed E-state index contributed by atoms with van der Waals surface area (Å²) in [5, 5.41) is 3.45. The minimum atomic E-state index is -4.48. The Kier molecular flexibility index (Phi) is 3.50. The van der Waals surface area contributed by atoms with Gasteiger partial charge in [0.15, 0.2) is 0 Å². The number of hydrogen-bond donors (Lipinski definition) is 1. The minimum absolute atomic E-state index is 0.0835. The number of aryl methyl sites for hydroxylation is 1. The van der Waals surface area contributed by atoms with Crippen molar-refractivity contribution in [1.82, 2.24) is 4.98 Å². The van der Waals surface area contributed by atoms with E-state index in [2.05, 4.69) is 10.3 Å². The van der Waals surface area contributed by atoms with E-state index in [-0.39, 0.29) is 5.56 Å². The molecule has 0 fully saturated rings. The number of fused-ring (bicyclic) bond motifs is 1. The maximum atomic E-state index is 13.1. The molecule has 0 aliphatic rings. The molecule has 1 heterocycles. The maximum Gasteiger partial charge on any atom is 0.433 e. The van der Waals surface area contributed by atoms with Gasteiger partial charge in [0, 0.05) is 23.7 Å². The molecular formula is C14H15F3N2O. The van der Waals surface area contributed by atoms with E-state index in [1.54, 1.807) is 26.1 Å². The van der Waals surface area contributed by atoms with E-state index >= 15 is 0 Å². The van der Waals surface area contributed by atoms with Gasteiger partial charge >= 0.3 is 6.18 Å². The van der Waals surface area contributed by atoms with Crippen molar-refractivity contribution in [3.05, 3.63) is 29.0 Å². The van der Waals surface area contributed by atoms with Crippen LogP contribution in [0.5, 0.6) is 5.75 Å². The molecule has 0 spiro atoms. The first-order valence-electron chi connectivity index (χ1n) is 6.03.